The van der Waals surface area contributed by atoms with Crippen molar-refractivity contribution in [2.24, 2.45) is 10.9 Å². The van der Waals surface area contributed by atoms with Crippen LogP contribution in [0.25, 0.3) is 0 Å². The molecule has 0 aliphatic heterocycles. The fourth-order valence-electron chi connectivity index (χ4n) is 2.41. The molecule has 0 aromatic heterocycles. The molecular weight excluding hydrogens is 294 g/mol. The normalized spacial score (nSPS) is 20.0. The molecule has 1 aliphatic carbocycles. The van der Waals surface area contributed by atoms with E-state index in [-0.39, 0.29) is 0 Å². The highest BCUT2D eigenvalue weighted by molar-refractivity contribution is 5.80. The molecule has 0 heterocycles. The summed E-state index contributed by atoms with van der Waals surface area (Å²) in [5.41, 5.74) is 0.900. The Kier molecular flexibility index (Phi) is 5.96. The Morgan fingerprint density at radius 2 is 1.78 bits per heavy atom. The third-order valence-corrected chi connectivity index (χ3v) is 3.99. The second kappa shape index (κ2) is 7.94. The lowest BCUT2D eigenvalue weighted by Crippen LogP contribution is -2.39. The van der Waals surface area contributed by atoms with Gasteiger partial charge in [-0.05, 0) is 19.3 Å². The summed E-state index contributed by atoms with van der Waals surface area (Å²) in [4.78, 5) is 4.66. The zero-order valence-corrected chi connectivity index (χ0v) is 14.6. The van der Waals surface area contributed by atoms with Crippen LogP contribution in [-0.4, -0.2) is 39.9 Å². The minimum atomic E-state index is 0.465. The van der Waals surface area contributed by atoms with Crippen molar-refractivity contribution in [2.45, 2.75) is 32.9 Å². The fraction of sp³-hybridized carbons (Fsp3) is 0.588. The Hall–Kier alpha value is -2.11. The maximum Gasteiger partial charge on any atom is 0.191 e. The summed E-state index contributed by atoms with van der Waals surface area (Å²) in [7, 11) is 4.89. The third kappa shape index (κ3) is 4.43. The molecule has 6 nitrogen and oxygen atoms in total. The largest absolute Gasteiger partial charge is 0.496 e. The highest BCUT2D eigenvalue weighted by Gasteiger charge is 2.33. The lowest BCUT2D eigenvalue weighted by molar-refractivity contribution is 0.369. The highest BCUT2D eigenvalue weighted by atomic mass is 16.5. The minimum Gasteiger partial charge on any atom is -0.496 e. The average molecular weight is 321 g/mol. The smallest absolute Gasteiger partial charge is 0.191 e. The number of aliphatic imine (C=N–C) groups is 1. The van der Waals surface area contributed by atoms with Crippen molar-refractivity contribution in [2.75, 3.05) is 27.9 Å². The Morgan fingerprint density at radius 3 is 2.22 bits per heavy atom. The molecule has 1 aromatic rings. The molecule has 0 spiro atoms. The SMILES string of the molecule is CCNC(=NCc1c(OC)cc(OC)cc1OC)NC1CC1C. The van der Waals surface area contributed by atoms with Gasteiger partial charge >= 0.3 is 0 Å². The van der Waals surface area contributed by atoms with E-state index in [0.717, 1.165) is 18.1 Å². The lowest BCUT2D eigenvalue weighted by atomic mass is 10.1. The number of rotatable bonds is 7. The molecule has 6 heteroatoms. The number of hydrogen-bond donors (Lipinski definition) is 2. The van der Waals surface area contributed by atoms with Crippen molar-refractivity contribution in [3.05, 3.63) is 17.7 Å². The van der Waals surface area contributed by atoms with E-state index in [4.69, 9.17) is 14.2 Å². The van der Waals surface area contributed by atoms with Crippen molar-refractivity contribution in [1.82, 2.24) is 10.6 Å². The molecule has 2 N–H and O–H groups in total. The highest BCUT2D eigenvalue weighted by Crippen LogP contribution is 2.34. The summed E-state index contributed by atoms with van der Waals surface area (Å²) in [6, 6.07) is 4.21. The first kappa shape index (κ1) is 17.2. The van der Waals surface area contributed by atoms with Crippen LogP contribution in [0.5, 0.6) is 17.2 Å². The zero-order chi connectivity index (χ0) is 16.8. The van der Waals surface area contributed by atoms with Gasteiger partial charge in [-0.3, -0.25) is 0 Å². The molecule has 128 valence electrons. The predicted octanol–water partition coefficient (Wildman–Crippen LogP) is 2.18. The fourth-order valence-corrected chi connectivity index (χ4v) is 2.41. The van der Waals surface area contributed by atoms with Gasteiger partial charge in [-0.1, -0.05) is 6.92 Å². The van der Waals surface area contributed by atoms with Gasteiger partial charge in [0.25, 0.3) is 0 Å². The Balaban J connectivity index is 2.20. The molecule has 2 unspecified atom stereocenters. The molecule has 2 rings (SSSR count). The molecule has 1 aliphatic rings. The summed E-state index contributed by atoms with van der Waals surface area (Å²) < 4.78 is 16.2. The average Bonchev–Trinajstić information content (AvgIpc) is 3.26. The van der Waals surface area contributed by atoms with E-state index >= 15 is 0 Å². The second-order valence-electron chi connectivity index (χ2n) is 5.67. The van der Waals surface area contributed by atoms with Gasteiger partial charge < -0.3 is 24.8 Å². The van der Waals surface area contributed by atoms with E-state index in [0.29, 0.717) is 35.8 Å². The van der Waals surface area contributed by atoms with Crippen LogP contribution in [0, 0.1) is 5.92 Å². The third-order valence-electron chi connectivity index (χ3n) is 3.99. The van der Waals surface area contributed by atoms with Gasteiger partial charge in [0, 0.05) is 24.7 Å². The monoisotopic (exact) mass is 321 g/mol. The predicted molar refractivity (Wildman–Crippen MR) is 91.6 cm³/mol. The van der Waals surface area contributed by atoms with Crippen LogP contribution < -0.4 is 24.8 Å². The van der Waals surface area contributed by atoms with Gasteiger partial charge in [0.2, 0.25) is 0 Å². The molecule has 1 aromatic carbocycles. The van der Waals surface area contributed by atoms with E-state index in [1.807, 2.05) is 12.1 Å². The van der Waals surface area contributed by atoms with Gasteiger partial charge in [0.05, 0.1) is 33.4 Å². The van der Waals surface area contributed by atoms with E-state index in [1.165, 1.54) is 6.42 Å². The van der Waals surface area contributed by atoms with Crippen LogP contribution in [0.3, 0.4) is 0 Å². The molecule has 1 saturated carbocycles. The van der Waals surface area contributed by atoms with Crippen LogP contribution in [0.1, 0.15) is 25.8 Å². The first-order valence-corrected chi connectivity index (χ1v) is 7.96. The van der Waals surface area contributed by atoms with Gasteiger partial charge in [0.1, 0.15) is 17.2 Å². The number of nitrogens with zero attached hydrogens (tertiary/aromatic N) is 1. The topological polar surface area (TPSA) is 64.1 Å². The van der Waals surface area contributed by atoms with Crippen molar-refractivity contribution >= 4 is 5.96 Å². The van der Waals surface area contributed by atoms with E-state index in [1.54, 1.807) is 21.3 Å². The molecular formula is C17H27N3O3. The number of nitrogens with one attached hydrogen (secondary N) is 2. The summed E-state index contributed by atoms with van der Waals surface area (Å²) >= 11 is 0. The summed E-state index contributed by atoms with van der Waals surface area (Å²) in [6.45, 7) is 5.58. The van der Waals surface area contributed by atoms with Gasteiger partial charge in [-0.25, -0.2) is 4.99 Å². The van der Waals surface area contributed by atoms with E-state index < -0.39 is 0 Å². The molecule has 0 amide bonds. The second-order valence-corrected chi connectivity index (χ2v) is 5.67. The van der Waals surface area contributed by atoms with Crippen LogP contribution in [0.15, 0.2) is 17.1 Å². The summed E-state index contributed by atoms with van der Waals surface area (Å²) in [5.74, 6) is 3.65. The quantitative estimate of drug-likeness (QED) is 0.595. The van der Waals surface area contributed by atoms with Crippen molar-refractivity contribution in [3.8, 4) is 17.2 Å². The first-order chi connectivity index (χ1) is 11.1. The Morgan fingerprint density at radius 1 is 1.17 bits per heavy atom. The summed E-state index contributed by atoms with van der Waals surface area (Å²) in [5, 5.41) is 6.72. The van der Waals surface area contributed by atoms with Gasteiger partial charge in [-0.15, -0.1) is 0 Å². The first-order valence-electron chi connectivity index (χ1n) is 7.96. The van der Waals surface area contributed by atoms with E-state index in [2.05, 4.69) is 29.5 Å². The zero-order valence-electron chi connectivity index (χ0n) is 14.6. The standard InChI is InChI=1S/C17H27N3O3/c1-6-18-17(20-14-7-11(14)2)19-10-13-15(22-4)8-12(21-3)9-16(13)23-5/h8-9,11,14H,6-7,10H2,1-5H3,(H2,18,19,20). The number of guanidine groups is 1. The van der Waals surface area contributed by atoms with Crippen LogP contribution >= 0.6 is 0 Å². The number of methoxy groups -OCH3 is 3. The molecule has 1 fully saturated rings. The van der Waals surface area contributed by atoms with E-state index in [9.17, 15) is 0 Å². The molecule has 0 bridgehead atoms. The number of benzene rings is 1. The maximum absolute atomic E-state index is 5.46. The van der Waals surface area contributed by atoms with Crippen molar-refractivity contribution < 1.29 is 14.2 Å². The van der Waals surface area contributed by atoms with Crippen LogP contribution in [0.4, 0.5) is 0 Å². The molecule has 23 heavy (non-hydrogen) atoms. The molecule has 0 radical (unpaired) electrons. The Bertz CT molecular complexity index is 535. The van der Waals surface area contributed by atoms with Crippen molar-refractivity contribution in [3.63, 3.8) is 0 Å². The lowest BCUT2D eigenvalue weighted by Gasteiger charge is -2.15. The Labute approximate surface area is 138 Å². The minimum absolute atomic E-state index is 0.465. The molecule has 2 atom stereocenters. The number of ether oxygens (including phenoxy) is 3. The van der Waals surface area contributed by atoms with Crippen LogP contribution in [0.2, 0.25) is 0 Å². The number of hydrogen-bond acceptors (Lipinski definition) is 4. The molecule has 0 saturated heterocycles. The van der Waals surface area contributed by atoms with Gasteiger partial charge in [-0.2, -0.15) is 0 Å². The van der Waals surface area contributed by atoms with Gasteiger partial charge in [0.15, 0.2) is 5.96 Å². The van der Waals surface area contributed by atoms with Crippen molar-refractivity contribution in [1.29, 1.82) is 0 Å². The maximum atomic E-state index is 5.46. The van der Waals surface area contributed by atoms with Crippen LogP contribution in [-0.2, 0) is 6.54 Å². The summed E-state index contributed by atoms with van der Waals surface area (Å²) in [6.07, 6.45) is 1.19.